The number of nitrogens with zero attached hydrogens (tertiary/aromatic N) is 2. The number of furan rings is 1. The van der Waals surface area contributed by atoms with Gasteiger partial charge in [0.05, 0.1) is 7.05 Å². The Hall–Kier alpha value is -4.63. The van der Waals surface area contributed by atoms with Crippen LogP contribution in [0.5, 0.6) is 0 Å². The molecule has 0 fully saturated rings. The zero-order chi connectivity index (χ0) is 26.7. The number of imidazole rings is 1. The lowest BCUT2D eigenvalue weighted by Crippen LogP contribution is -2.30. The van der Waals surface area contributed by atoms with Crippen LogP contribution in [0, 0.1) is 6.92 Å². The molecule has 0 bridgehead atoms. The summed E-state index contributed by atoms with van der Waals surface area (Å²) in [4.78, 5) is 0. The van der Waals surface area contributed by atoms with Crippen LogP contribution >= 0.6 is 0 Å². The Labute approximate surface area is 228 Å². The normalized spacial score (nSPS) is 11.8. The highest BCUT2D eigenvalue weighted by molar-refractivity contribution is 6.09. The van der Waals surface area contributed by atoms with E-state index in [0.29, 0.717) is 5.92 Å². The SMILES string of the molecule is Cc1ccc2c(oc3ccccc32)c1-c1n(-c2ccc(-c3ccccc3)cc2C(C)C)c2ccccc2[n+]1C. The van der Waals surface area contributed by atoms with Gasteiger partial charge >= 0.3 is 0 Å². The van der Waals surface area contributed by atoms with Gasteiger partial charge in [0, 0.05) is 16.3 Å². The maximum absolute atomic E-state index is 6.59. The molecule has 0 N–H and O–H groups in total. The summed E-state index contributed by atoms with van der Waals surface area (Å²) in [6, 6.07) is 39.0. The van der Waals surface area contributed by atoms with Crippen molar-refractivity contribution in [3.05, 3.63) is 120 Å². The van der Waals surface area contributed by atoms with E-state index in [0.717, 1.165) is 33.3 Å². The van der Waals surface area contributed by atoms with Crippen molar-refractivity contribution in [2.45, 2.75) is 26.7 Å². The first-order valence-corrected chi connectivity index (χ1v) is 13.6. The van der Waals surface area contributed by atoms with Crippen molar-refractivity contribution in [1.82, 2.24) is 4.57 Å². The summed E-state index contributed by atoms with van der Waals surface area (Å²) in [6.45, 7) is 6.75. The van der Waals surface area contributed by atoms with Gasteiger partial charge in [-0.25, -0.2) is 4.57 Å². The van der Waals surface area contributed by atoms with Crippen LogP contribution in [0.3, 0.4) is 0 Å². The quantitative estimate of drug-likeness (QED) is 0.218. The smallest absolute Gasteiger partial charge is 0.298 e. The van der Waals surface area contributed by atoms with E-state index in [1.54, 1.807) is 0 Å². The molecule has 2 heterocycles. The van der Waals surface area contributed by atoms with Gasteiger partial charge in [0.15, 0.2) is 16.6 Å². The fourth-order valence-electron chi connectivity index (χ4n) is 6.03. The molecule has 0 radical (unpaired) electrons. The zero-order valence-corrected chi connectivity index (χ0v) is 22.8. The van der Waals surface area contributed by atoms with Crippen LogP contribution < -0.4 is 4.57 Å². The van der Waals surface area contributed by atoms with Crippen LogP contribution in [0.1, 0.15) is 30.9 Å². The number of rotatable bonds is 4. The van der Waals surface area contributed by atoms with E-state index in [9.17, 15) is 0 Å². The summed E-state index contributed by atoms with van der Waals surface area (Å²) in [6.07, 6.45) is 0. The first-order valence-electron chi connectivity index (χ1n) is 13.6. The Kier molecular flexibility index (Phi) is 5.41. The number of aromatic nitrogens is 2. The minimum atomic E-state index is 0.339. The molecule has 0 spiro atoms. The Bertz CT molecular complexity index is 2010. The van der Waals surface area contributed by atoms with Gasteiger partial charge in [0.1, 0.15) is 16.8 Å². The lowest BCUT2D eigenvalue weighted by molar-refractivity contribution is -0.633. The Morgan fingerprint density at radius 3 is 2.28 bits per heavy atom. The first kappa shape index (κ1) is 23.5. The number of fused-ring (bicyclic) bond motifs is 4. The topological polar surface area (TPSA) is 21.9 Å². The van der Waals surface area contributed by atoms with Crippen molar-refractivity contribution >= 4 is 33.0 Å². The van der Waals surface area contributed by atoms with Gasteiger partial charge in [0.2, 0.25) is 0 Å². The molecule has 3 heteroatoms. The maximum atomic E-state index is 6.59. The highest BCUT2D eigenvalue weighted by Gasteiger charge is 2.31. The minimum Gasteiger partial charge on any atom is -0.455 e. The van der Waals surface area contributed by atoms with Gasteiger partial charge in [-0.3, -0.25) is 0 Å². The number of benzene rings is 5. The fraction of sp³-hybridized carbons (Fsp3) is 0.139. The third kappa shape index (κ3) is 3.61. The summed E-state index contributed by atoms with van der Waals surface area (Å²) in [5, 5.41) is 2.29. The van der Waals surface area contributed by atoms with Crippen LogP contribution in [-0.4, -0.2) is 4.57 Å². The average Bonchev–Trinajstić information content (AvgIpc) is 3.48. The van der Waals surface area contributed by atoms with Gasteiger partial charge < -0.3 is 4.42 Å². The lowest BCUT2D eigenvalue weighted by atomic mass is 9.95. The van der Waals surface area contributed by atoms with Gasteiger partial charge in [-0.1, -0.05) is 92.7 Å². The molecule has 0 atom stereocenters. The second-order valence-electron chi connectivity index (χ2n) is 10.7. The van der Waals surface area contributed by atoms with Gasteiger partial charge in [-0.15, -0.1) is 0 Å². The maximum Gasteiger partial charge on any atom is 0.298 e. The molecule has 3 nitrogen and oxygen atoms in total. The second-order valence-corrected chi connectivity index (χ2v) is 10.7. The van der Waals surface area contributed by atoms with Crippen LogP contribution in [0.2, 0.25) is 0 Å². The van der Waals surface area contributed by atoms with Gasteiger partial charge in [-0.2, -0.15) is 4.57 Å². The largest absolute Gasteiger partial charge is 0.455 e. The van der Waals surface area contributed by atoms with E-state index < -0.39 is 0 Å². The average molecular weight is 508 g/mol. The molecule has 7 rings (SSSR count). The van der Waals surface area contributed by atoms with E-state index in [1.165, 1.54) is 39.0 Å². The van der Waals surface area contributed by atoms with Crippen molar-refractivity contribution in [1.29, 1.82) is 0 Å². The molecular formula is C36H31N2O+. The molecular weight excluding hydrogens is 476 g/mol. The predicted molar refractivity (Wildman–Crippen MR) is 161 cm³/mol. The second kappa shape index (κ2) is 8.99. The molecule has 7 aromatic rings. The van der Waals surface area contributed by atoms with Crippen LogP contribution in [-0.2, 0) is 7.05 Å². The molecule has 39 heavy (non-hydrogen) atoms. The van der Waals surface area contributed by atoms with E-state index >= 15 is 0 Å². The molecule has 0 saturated carbocycles. The van der Waals surface area contributed by atoms with Crippen molar-refractivity contribution < 1.29 is 8.98 Å². The minimum absolute atomic E-state index is 0.339. The standard InChI is InChI=1S/C36H31N2O/c1-23(2)29-22-26(25-12-6-5-7-13-25)19-21-30(29)38-32-16-10-9-15-31(32)37(4)36(38)34-24(3)18-20-28-27-14-8-11-17-33(27)39-35(28)34/h5-23H,1-4H3/q+1. The number of aryl methyl sites for hydroxylation is 2. The summed E-state index contributed by atoms with van der Waals surface area (Å²) < 4.78 is 11.3. The number of hydrogen-bond donors (Lipinski definition) is 0. The molecule has 0 unspecified atom stereocenters. The monoisotopic (exact) mass is 507 g/mol. The zero-order valence-electron chi connectivity index (χ0n) is 22.8. The van der Waals surface area contributed by atoms with Crippen LogP contribution in [0.15, 0.2) is 114 Å². The van der Waals surface area contributed by atoms with E-state index in [1.807, 2.05) is 6.07 Å². The Morgan fingerprint density at radius 1 is 0.718 bits per heavy atom. The number of para-hydroxylation sites is 3. The lowest BCUT2D eigenvalue weighted by Gasteiger charge is -2.15. The third-order valence-electron chi connectivity index (χ3n) is 7.99. The van der Waals surface area contributed by atoms with Crippen LogP contribution in [0.4, 0.5) is 0 Å². The first-order chi connectivity index (χ1) is 19.0. The molecule has 190 valence electrons. The summed E-state index contributed by atoms with van der Waals surface area (Å²) in [7, 11) is 2.17. The summed E-state index contributed by atoms with van der Waals surface area (Å²) in [5.74, 6) is 1.46. The fourth-order valence-corrected chi connectivity index (χ4v) is 6.03. The van der Waals surface area contributed by atoms with E-state index in [4.69, 9.17) is 4.42 Å². The van der Waals surface area contributed by atoms with Crippen molar-refractivity contribution in [3.8, 4) is 28.2 Å². The van der Waals surface area contributed by atoms with Crippen molar-refractivity contribution in [2.24, 2.45) is 7.05 Å². The molecule has 5 aromatic carbocycles. The number of hydrogen-bond acceptors (Lipinski definition) is 1. The van der Waals surface area contributed by atoms with Gasteiger partial charge in [0.25, 0.3) is 5.82 Å². The predicted octanol–water partition coefficient (Wildman–Crippen LogP) is 9.12. The Balaban J connectivity index is 1.59. The molecule has 2 aromatic heterocycles. The molecule has 0 aliphatic carbocycles. The van der Waals surface area contributed by atoms with Crippen molar-refractivity contribution in [3.63, 3.8) is 0 Å². The summed E-state index contributed by atoms with van der Waals surface area (Å²) in [5.41, 5.74) is 11.5. The third-order valence-corrected chi connectivity index (χ3v) is 7.99. The van der Waals surface area contributed by atoms with Crippen LogP contribution in [0.25, 0.3) is 61.2 Å². The molecule has 0 aliphatic rings. The van der Waals surface area contributed by atoms with Gasteiger partial charge in [-0.05, 0) is 59.9 Å². The molecule has 0 aliphatic heterocycles. The van der Waals surface area contributed by atoms with E-state index in [2.05, 4.69) is 140 Å². The highest BCUT2D eigenvalue weighted by Crippen LogP contribution is 2.40. The summed E-state index contributed by atoms with van der Waals surface area (Å²) >= 11 is 0. The highest BCUT2D eigenvalue weighted by atomic mass is 16.3. The van der Waals surface area contributed by atoms with E-state index in [-0.39, 0.29) is 0 Å². The van der Waals surface area contributed by atoms with Crippen molar-refractivity contribution in [2.75, 3.05) is 0 Å². The Morgan fingerprint density at radius 2 is 1.46 bits per heavy atom. The molecule has 0 amide bonds. The molecule has 0 saturated heterocycles.